The summed E-state index contributed by atoms with van der Waals surface area (Å²) in [6.07, 6.45) is 5.61. The number of nitrogens with one attached hydrogen (secondary N) is 1. The quantitative estimate of drug-likeness (QED) is 0.392. The first-order valence-electron chi connectivity index (χ1n) is 14.6. The summed E-state index contributed by atoms with van der Waals surface area (Å²) in [5.41, 5.74) is 8.19. The van der Waals surface area contributed by atoms with Gasteiger partial charge in [0.15, 0.2) is 5.75 Å². The lowest BCUT2D eigenvalue weighted by Crippen LogP contribution is -2.64. The van der Waals surface area contributed by atoms with E-state index in [0.717, 1.165) is 48.5 Å². The van der Waals surface area contributed by atoms with Crippen LogP contribution in [0.5, 0.6) is 5.75 Å². The molecule has 224 valence electrons. The third kappa shape index (κ3) is 8.44. The lowest BCUT2D eigenvalue weighted by Gasteiger charge is -2.41. The molecule has 1 aromatic carbocycles. The van der Waals surface area contributed by atoms with Gasteiger partial charge >= 0.3 is 6.09 Å². The average molecular weight is 604 g/mol. The van der Waals surface area contributed by atoms with Gasteiger partial charge in [0.25, 0.3) is 0 Å². The number of carbonyl (C=O) groups excluding carboxylic acids is 3. The van der Waals surface area contributed by atoms with Crippen LogP contribution in [0.25, 0.3) is 0 Å². The molecule has 0 aliphatic carbocycles. The fraction of sp³-hybridized carbons (Fsp3) is 0.567. The van der Waals surface area contributed by atoms with Crippen LogP contribution in [-0.2, 0) is 16.1 Å². The van der Waals surface area contributed by atoms with Gasteiger partial charge in [-0.3, -0.25) is 9.59 Å². The molecular weight excluding hydrogens is 562 g/mol. The molecule has 0 saturated carbocycles. The van der Waals surface area contributed by atoms with Crippen LogP contribution in [0.3, 0.4) is 0 Å². The second-order valence-electron chi connectivity index (χ2n) is 11.0. The number of carbonyl (C=O) groups is 3. The smallest absolute Gasteiger partial charge is 0.409 e. The molecule has 0 unspecified atom stereocenters. The van der Waals surface area contributed by atoms with Crippen molar-refractivity contribution in [1.29, 1.82) is 0 Å². The van der Waals surface area contributed by atoms with Crippen molar-refractivity contribution in [2.24, 2.45) is 5.73 Å². The van der Waals surface area contributed by atoms with E-state index in [2.05, 4.69) is 10.2 Å². The number of benzene rings is 1. The van der Waals surface area contributed by atoms with Crippen molar-refractivity contribution in [2.75, 3.05) is 39.3 Å². The molecule has 3 N–H and O–H groups in total. The number of amides is 3. The number of hydrogen-bond acceptors (Lipinski definition) is 7. The molecule has 2 fully saturated rings. The highest BCUT2D eigenvalue weighted by atomic mass is 35.5. The van der Waals surface area contributed by atoms with E-state index >= 15 is 0 Å². The highest BCUT2D eigenvalue weighted by molar-refractivity contribution is 7.09. The molecule has 3 heterocycles. The highest BCUT2D eigenvalue weighted by Crippen LogP contribution is 2.30. The fourth-order valence-corrected chi connectivity index (χ4v) is 6.25. The lowest BCUT2D eigenvalue weighted by molar-refractivity contribution is -0.144. The number of nitrogens with zero attached hydrogens (tertiary/aromatic N) is 3. The third-order valence-electron chi connectivity index (χ3n) is 8.07. The number of unbranched alkanes of at least 4 members (excludes halogenated alkanes) is 1. The van der Waals surface area contributed by atoms with Gasteiger partial charge < -0.3 is 30.5 Å². The zero-order valence-electron chi connectivity index (χ0n) is 24.1. The Morgan fingerprint density at radius 2 is 1.88 bits per heavy atom. The van der Waals surface area contributed by atoms with Crippen molar-refractivity contribution < 1.29 is 19.1 Å². The Labute approximate surface area is 251 Å². The summed E-state index contributed by atoms with van der Waals surface area (Å²) in [5.74, 6) is -0.321. The Balaban J connectivity index is 1.38. The minimum atomic E-state index is -0.876. The summed E-state index contributed by atoms with van der Waals surface area (Å²) < 4.78 is 5.62. The number of hydrogen-bond donors (Lipinski definition) is 2. The molecule has 2 atom stereocenters. The maximum atomic E-state index is 13.5. The van der Waals surface area contributed by atoms with Gasteiger partial charge in [-0.15, -0.1) is 11.3 Å². The van der Waals surface area contributed by atoms with Gasteiger partial charge in [-0.25, -0.2) is 4.79 Å². The zero-order chi connectivity index (χ0) is 29.4. The monoisotopic (exact) mass is 603 g/mol. The summed E-state index contributed by atoms with van der Waals surface area (Å²) in [6, 6.07) is 5.79. The maximum Gasteiger partial charge on any atom is 0.415 e. The summed E-state index contributed by atoms with van der Waals surface area (Å²) in [6.45, 7) is 7.89. The topological polar surface area (TPSA) is 108 Å². The lowest BCUT2D eigenvalue weighted by atomic mass is 10.0. The minimum Gasteiger partial charge on any atom is -0.409 e. The number of nitrogens with two attached hydrogens (primary N) is 1. The van der Waals surface area contributed by atoms with E-state index in [1.165, 1.54) is 40.4 Å². The summed E-state index contributed by atoms with van der Waals surface area (Å²) in [4.78, 5) is 46.5. The van der Waals surface area contributed by atoms with Crippen molar-refractivity contribution in [3.8, 4) is 5.75 Å². The van der Waals surface area contributed by atoms with E-state index in [-0.39, 0.29) is 37.2 Å². The number of thiophene rings is 1. The molecule has 2 aromatic rings. The van der Waals surface area contributed by atoms with Crippen molar-refractivity contribution in [1.82, 2.24) is 20.0 Å². The van der Waals surface area contributed by atoms with Crippen LogP contribution in [0.1, 0.15) is 54.5 Å². The van der Waals surface area contributed by atoms with Crippen LogP contribution in [0.2, 0.25) is 5.02 Å². The van der Waals surface area contributed by atoms with E-state index in [1.54, 1.807) is 6.07 Å². The molecule has 4 rings (SSSR count). The minimum absolute atomic E-state index is 0.00495. The zero-order valence-corrected chi connectivity index (χ0v) is 25.6. The van der Waals surface area contributed by atoms with Gasteiger partial charge in [-0.2, -0.15) is 0 Å². The van der Waals surface area contributed by atoms with Crippen LogP contribution in [0.15, 0.2) is 29.6 Å². The number of ether oxygens (including phenoxy) is 1. The SMILES string of the molecule is Cc1ccc(OC(=O)N2CCN(C(=O)[C@H](N)CCCCN3CCCCC3)[C@H](C(=O)NCc3cccs3)C2)c(Cl)c1C. The van der Waals surface area contributed by atoms with Gasteiger partial charge in [0.05, 0.1) is 24.2 Å². The van der Waals surface area contributed by atoms with Gasteiger partial charge in [0.2, 0.25) is 11.8 Å². The van der Waals surface area contributed by atoms with Crippen LogP contribution >= 0.6 is 22.9 Å². The van der Waals surface area contributed by atoms with E-state index in [1.807, 2.05) is 37.4 Å². The molecule has 2 aliphatic heterocycles. The van der Waals surface area contributed by atoms with E-state index < -0.39 is 18.2 Å². The Bertz CT molecular complexity index is 1190. The predicted molar refractivity (Wildman–Crippen MR) is 162 cm³/mol. The van der Waals surface area contributed by atoms with Crippen LogP contribution < -0.4 is 15.8 Å². The first-order valence-corrected chi connectivity index (χ1v) is 15.8. The van der Waals surface area contributed by atoms with Crippen LogP contribution in [-0.4, -0.2) is 84.0 Å². The Kier molecular flexibility index (Phi) is 11.4. The molecule has 0 bridgehead atoms. The van der Waals surface area contributed by atoms with Gasteiger partial charge in [0.1, 0.15) is 6.04 Å². The Hall–Kier alpha value is -2.66. The molecule has 1 aromatic heterocycles. The number of likely N-dealkylation sites (tertiary alicyclic amines) is 1. The summed E-state index contributed by atoms with van der Waals surface area (Å²) in [5, 5.41) is 5.25. The molecule has 0 spiro atoms. The van der Waals surface area contributed by atoms with Crippen molar-refractivity contribution in [2.45, 2.75) is 71.0 Å². The van der Waals surface area contributed by atoms with Crippen LogP contribution in [0, 0.1) is 13.8 Å². The normalized spacial score (nSPS) is 18.7. The molecule has 9 nitrogen and oxygen atoms in total. The van der Waals surface area contributed by atoms with Gasteiger partial charge in [-0.1, -0.05) is 36.6 Å². The average Bonchev–Trinajstić information content (AvgIpc) is 3.52. The molecule has 2 aliphatic rings. The molecule has 0 radical (unpaired) electrons. The van der Waals surface area contributed by atoms with E-state index in [9.17, 15) is 14.4 Å². The molecular formula is C30H42ClN5O4S. The second-order valence-corrected chi connectivity index (χ2v) is 12.4. The maximum absolute atomic E-state index is 13.5. The molecule has 2 saturated heterocycles. The largest absolute Gasteiger partial charge is 0.415 e. The first kappa shape index (κ1) is 31.3. The predicted octanol–water partition coefficient (Wildman–Crippen LogP) is 4.33. The number of rotatable bonds is 10. The van der Waals surface area contributed by atoms with E-state index in [0.29, 0.717) is 18.0 Å². The number of piperidine rings is 1. The number of piperazine rings is 1. The van der Waals surface area contributed by atoms with Crippen molar-refractivity contribution >= 4 is 40.8 Å². The molecule has 11 heteroatoms. The number of aryl methyl sites for hydroxylation is 1. The fourth-order valence-electron chi connectivity index (χ4n) is 5.36. The van der Waals surface area contributed by atoms with Crippen molar-refractivity contribution in [3.05, 3.63) is 50.7 Å². The second kappa shape index (κ2) is 15.0. The Morgan fingerprint density at radius 3 is 2.61 bits per heavy atom. The Morgan fingerprint density at radius 1 is 1.10 bits per heavy atom. The van der Waals surface area contributed by atoms with Crippen molar-refractivity contribution in [3.63, 3.8) is 0 Å². The van der Waals surface area contributed by atoms with Crippen LogP contribution in [0.4, 0.5) is 4.79 Å². The summed E-state index contributed by atoms with van der Waals surface area (Å²) in [7, 11) is 0. The third-order valence-corrected chi connectivity index (χ3v) is 9.41. The van der Waals surface area contributed by atoms with Gasteiger partial charge in [0, 0.05) is 18.0 Å². The van der Waals surface area contributed by atoms with Gasteiger partial charge in [-0.05, 0) is 87.8 Å². The number of halogens is 1. The summed E-state index contributed by atoms with van der Waals surface area (Å²) >= 11 is 7.96. The molecule has 41 heavy (non-hydrogen) atoms. The standard InChI is InChI=1S/C30H42ClN5O4S/c1-21-11-12-26(27(31)22(21)2)40-30(39)35-16-17-36(25(20-35)28(37)33-19-23-9-8-18-41-23)29(38)24(32)10-4-7-15-34-13-5-3-6-14-34/h8-9,11-12,18,24-25H,3-7,10,13-17,19-20,32H2,1-2H3,(H,33,37)/t24-,25+/m1/s1. The highest BCUT2D eigenvalue weighted by Gasteiger charge is 2.39. The first-order chi connectivity index (χ1) is 19.7. The van der Waals surface area contributed by atoms with E-state index in [4.69, 9.17) is 22.1 Å². The molecule has 3 amide bonds.